The van der Waals surface area contributed by atoms with E-state index in [1.165, 1.54) is 23.5 Å². The molecule has 2 aromatic rings. The standard InChI is InChI=1S/C23H27F3N4O2/c24-23(25,26)17-8-7-11-19(16-17)29-22(32)30(20-12-5-2-6-13-20)15-14-27-21(31)28-18-9-3-1-4-10-18/h2,5-8,11-13,16,18H,1,3-4,9-10,14-15H2,(H,29,32)(H2,27,28,31). The molecule has 9 heteroatoms. The van der Waals surface area contributed by atoms with Crippen molar-refractivity contribution in [2.75, 3.05) is 23.3 Å². The molecule has 2 aromatic carbocycles. The normalized spacial score (nSPS) is 14.5. The minimum atomic E-state index is -4.50. The highest BCUT2D eigenvalue weighted by atomic mass is 19.4. The summed E-state index contributed by atoms with van der Waals surface area (Å²) in [7, 11) is 0. The summed E-state index contributed by atoms with van der Waals surface area (Å²) in [5, 5.41) is 8.22. The van der Waals surface area contributed by atoms with E-state index in [-0.39, 0.29) is 30.8 Å². The molecule has 0 bridgehead atoms. The van der Waals surface area contributed by atoms with Crippen LogP contribution < -0.4 is 20.9 Å². The van der Waals surface area contributed by atoms with Gasteiger partial charge in [-0.2, -0.15) is 13.2 Å². The number of halogens is 3. The van der Waals surface area contributed by atoms with E-state index in [0.29, 0.717) is 5.69 Å². The van der Waals surface area contributed by atoms with Crippen LogP contribution in [0.5, 0.6) is 0 Å². The van der Waals surface area contributed by atoms with Gasteiger partial charge in [0, 0.05) is 30.5 Å². The molecule has 0 spiro atoms. The Morgan fingerprint density at radius 2 is 1.69 bits per heavy atom. The number of nitrogens with zero attached hydrogens (tertiary/aromatic N) is 1. The van der Waals surface area contributed by atoms with Crippen molar-refractivity contribution in [3.05, 3.63) is 60.2 Å². The fourth-order valence-electron chi connectivity index (χ4n) is 3.68. The molecular weight excluding hydrogens is 421 g/mol. The van der Waals surface area contributed by atoms with Crippen LogP contribution >= 0.6 is 0 Å². The van der Waals surface area contributed by atoms with Gasteiger partial charge in [-0.05, 0) is 43.2 Å². The van der Waals surface area contributed by atoms with Crippen LogP contribution in [0, 0.1) is 0 Å². The van der Waals surface area contributed by atoms with E-state index < -0.39 is 17.8 Å². The van der Waals surface area contributed by atoms with E-state index in [2.05, 4.69) is 16.0 Å². The lowest BCUT2D eigenvalue weighted by Crippen LogP contribution is -2.46. The zero-order valence-corrected chi connectivity index (χ0v) is 17.6. The third-order valence-electron chi connectivity index (χ3n) is 5.32. The highest BCUT2D eigenvalue weighted by molar-refractivity contribution is 6.01. The number of anilines is 2. The van der Waals surface area contributed by atoms with Gasteiger partial charge < -0.3 is 16.0 Å². The van der Waals surface area contributed by atoms with Crippen molar-refractivity contribution < 1.29 is 22.8 Å². The molecule has 3 rings (SSSR count). The summed E-state index contributed by atoms with van der Waals surface area (Å²) in [5.74, 6) is 0. The van der Waals surface area contributed by atoms with Gasteiger partial charge in [-0.1, -0.05) is 43.5 Å². The van der Waals surface area contributed by atoms with Crippen molar-refractivity contribution >= 4 is 23.4 Å². The van der Waals surface area contributed by atoms with Gasteiger partial charge in [-0.3, -0.25) is 4.90 Å². The third-order valence-corrected chi connectivity index (χ3v) is 5.32. The van der Waals surface area contributed by atoms with Crippen LogP contribution in [0.1, 0.15) is 37.7 Å². The van der Waals surface area contributed by atoms with E-state index in [1.54, 1.807) is 30.3 Å². The van der Waals surface area contributed by atoms with Crippen molar-refractivity contribution in [3.63, 3.8) is 0 Å². The lowest BCUT2D eigenvalue weighted by atomic mass is 9.96. The third kappa shape index (κ3) is 6.90. The summed E-state index contributed by atoms with van der Waals surface area (Å²) in [6, 6.07) is 12.5. The molecule has 6 nitrogen and oxygen atoms in total. The maximum Gasteiger partial charge on any atom is 0.416 e. The van der Waals surface area contributed by atoms with Crippen molar-refractivity contribution in [2.24, 2.45) is 0 Å². The predicted octanol–water partition coefficient (Wildman–Crippen LogP) is 5.38. The van der Waals surface area contributed by atoms with E-state index >= 15 is 0 Å². The molecule has 0 aliphatic heterocycles. The van der Waals surface area contributed by atoms with Crippen molar-refractivity contribution in [3.8, 4) is 0 Å². The molecule has 0 radical (unpaired) electrons. The van der Waals surface area contributed by atoms with Gasteiger partial charge in [0.2, 0.25) is 0 Å². The van der Waals surface area contributed by atoms with Crippen LogP contribution in [-0.4, -0.2) is 31.2 Å². The molecule has 1 fully saturated rings. The number of alkyl halides is 3. The summed E-state index contributed by atoms with van der Waals surface area (Å²) in [4.78, 5) is 26.4. The molecule has 172 valence electrons. The lowest BCUT2D eigenvalue weighted by Gasteiger charge is -2.25. The SMILES string of the molecule is O=C(NCCN(C(=O)Nc1cccc(C(F)(F)F)c1)c1ccccc1)NC1CCCCC1. The number of carbonyl (C=O) groups excluding carboxylic acids is 2. The number of carbonyl (C=O) groups is 2. The Hall–Kier alpha value is -3.23. The van der Waals surface area contributed by atoms with Gasteiger partial charge in [0.1, 0.15) is 0 Å². The monoisotopic (exact) mass is 448 g/mol. The Morgan fingerprint density at radius 1 is 0.969 bits per heavy atom. The summed E-state index contributed by atoms with van der Waals surface area (Å²) >= 11 is 0. The summed E-state index contributed by atoms with van der Waals surface area (Å²) < 4.78 is 38.9. The molecule has 32 heavy (non-hydrogen) atoms. The lowest BCUT2D eigenvalue weighted by molar-refractivity contribution is -0.137. The van der Waals surface area contributed by atoms with Gasteiger partial charge in [-0.25, -0.2) is 9.59 Å². The molecule has 1 aliphatic rings. The topological polar surface area (TPSA) is 73.5 Å². The average molecular weight is 448 g/mol. The first kappa shape index (κ1) is 23.4. The largest absolute Gasteiger partial charge is 0.416 e. The fraction of sp³-hybridized carbons (Fsp3) is 0.391. The second-order valence-corrected chi connectivity index (χ2v) is 7.73. The fourth-order valence-corrected chi connectivity index (χ4v) is 3.68. The molecule has 0 atom stereocenters. The van der Waals surface area contributed by atoms with Crippen LogP contribution in [0.2, 0.25) is 0 Å². The minimum absolute atomic E-state index is 0.0359. The maximum absolute atomic E-state index is 13.0. The number of urea groups is 2. The molecule has 0 aromatic heterocycles. The second-order valence-electron chi connectivity index (χ2n) is 7.73. The van der Waals surface area contributed by atoms with Crippen LogP contribution in [0.25, 0.3) is 0 Å². The summed E-state index contributed by atoms with van der Waals surface area (Å²) in [6.45, 7) is 0.330. The Morgan fingerprint density at radius 3 is 2.38 bits per heavy atom. The molecular formula is C23H27F3N4O2. The molecule has 0 heterocycles. The first-order chi connectivity index (χ1) is 15.3. The first-order valence-corrected chi connectivity index (χ1v) is 10.7. The summed E-state index contributed by atoms with van der Waals surface area (Å²) in [6.07, 6.45) is 0.805. The van der Waals surface area contributed by atoms with Crippen LogP contribution in [0.4, 0.5) is 34.1 Å². The van der Waals surface area contributed by atoms with Crippen molar-refractivity contribution in [1.82, 2.24) is 10.6 Å². The Labute approximate surface area is 185 Å². The highest BCUT2D eigenvalue weighted by Gasteiger charge is 2.30. The van der Waals surface area contributed by atoms with Crippen molar-refractivity contribution in [1.29, 1.82) is 0 Å². The molecule has 3 N–H and O–H groups in total. The summed E-state index contributed by atoms with van der Waals surface area (Å²) in [5.41, 5.74) is -0.247. The molecule has 1 saturated carbocycles. The van der Waals surface area contributed by atoms with Gasteiger partial charge in [-0.15, -0.1) is 0 Å². The van der Waals surface area contributed by atoms with Crippen LogP contribution in [-0.2, 0) is 6.18 Å². The van der Waals surface area contributed by atoms with E-state index in [0.717, 1.165) is 37.8 Å². The van der Waals surface area contributed by atoms with E-state index in [9.17, 15) is 22.8 Å². The second kappa shape index (κ2) is 10.9. The Bertz CT molecular complexity index is 900. The molecule has 4 amide bonds. The van der Waals surface area contributed by atoms with Gasteiger partial charge in [0.05, 0.1) is 5.56 Å². The first-order valence-electron chi connectivity index (χ1n) is 10.7. The van der Waals surface area contributed by atoms with E-state index in [1.807, 2.05) is 0 Å². The number of rotatable bonds is 6. The van der Waals surface area contributed by atoms with Crippen LogP contribution in [0.15, 0.2) is 54.6 Å². The molecule has 0 saturated heterocycles. The maximum atomic E-state index is 13.0. The number of nitrogens with one attached hydrogen (secondary N) is 3. The number of amides is 4. The number of hydrogen-bond donors (Lipinski definition) is 3. The zero-order chi connectivity index (χ0) is 23.0. The number of hydrogen-bond acceptors (Lipinski definition) is 2. The average Bonchev–Trinajstić information content (AvgIpc) is 2.77. The molecule has 0 unspecified atom stereocenters. The predicted molar refractivity (Wildman–Crippen MR) is 118 cm³/mol. The van der Waals surface area contributed by atoms with Gasteiger partial charge >= 0.3 is 18.2 Å². The zero-order valence-electron chi connectivity index (χ0n) is 17.6. The smallest absolute Gasteiger partial charge is 0.336 e. The highest BCUT2D eigenvalue weighted by Crippen LogP contribution is 2.30. The quantitative estimate of drug-likeness (QED) is 0.555. The van der Waals surface area contributed by atoms with Gasteiger partial charge in [0.15, 0.2) is 0 Å². The van der Waals surface area contributed by atoms with Gasteiger partial charge in [0.25, 0.3) is 0 Å². The minimum Gasteiger partial charge on any atom is -0.336 e. The Kier molecular flexibility index (Phi) is 7.97. The van der Waals surface area contributed by atoms with E-state index in [4.69, 9.17) is 0 Å². The van der Waals surface area contributed by atoms with Crippen LogP contribution in [0.3, 0.4) is 0 Å². The van der Waals surface area contributed by atoms with Crippen molar-refractivity contribution in [2.45, 2.75) is 44.3 Å². The Balaban J connectivity index is 1.61. The number of benzene rings is 2. The number of para-hydroxylation sites is 1. The molecule has 1 aliphatic carbocycles.